The molecule has 0 fully saturated rings. The van der Waals surface area contributed by atoms with Gasteiger partial charge in [-0.25, -0.2) is 14.8 Å². The molecule has 7 nitrogen and oxygen atoms in total. The molecule has 0 aliphatic carbocycles. The summed E-state index contributed by atoms with van der Waals surface area (Å²) >= 11 is 5.85. The molecule has 3 rings (SSSR count). The monoisotopic (exact) mass is 396 g/mol. The number of para-hydroxylation sites is 1. The quantitative estimate of drug-likeness (QED) is 0.627. The van der Waals surface area contributed by atoms with E-state index >= 15 is 0 Å². The average molecular weight is 397 g/mol. The van der Waals surface area contributed by atoms with Gasteiger partial charge in [0, 0.05) is 16.8 Å². The number of amides is 1. The van der Waals surface area contributed by atoms with Crippen LogP contribution in [0, 0.1) is 6.92 Å². The zero-order valence-corrected chi connectivity index (χ0v) is 15.9. The van der Waals surface area contributed by atoms with Crippen LogP contribution in [-0.4, -0.2) is 29.0 Å². The van der Waals surface area contributed by atoms with Crippen molar-refractivity contribution in [1.82, 2.24) is 9.97 Å². The van der Waals surface area contributed by atoms with Crippen molar-refractivity contribution in [3.63, 3.8) is 0 Å². The summed E-state index contributed by atoms with van der Waals surface area (Å²) < 4.78 is 4.79. The minimum Gasteiger partial charge on any atom is -0.465 e. The van der Waals surface area contributed by atoms with Crippen molar-refractivity contribution in [3.8, 4) is 0 Å². The van der Waals surface area contributed by atoms with Gasteiger partial charge in [-0.2, -0.15) is 0 Å². The van der Waals surface area contributed by atoms with Crippen molar-refractivity contribution in [2.75, 3.05) is 17.7 Å². The van der Waals surface area contributed by atoms with E-state index in [-0.39, 0.29) is 5.69 Å². The molecule has 28 heavy (non-hydrogen) atoms. The predicted molar refractivity (Wildman–Crippen MR) is 107 cm³/mol. The maximum atomic E-state index is 12.5. The highest BCUT2D eigenvalue weighted by atomic mass is 35.5. The molecule has 0 bridgehead atoms. The largest absolute Gasteiger partial charge is 0.465 e. The Labute approximate surface area is 166 Å². The van der Waals surface area contributed by atoms with Crippen LogP contribution in [0.1, 0.15) is 26.7 Å². The van der Waals surface area contributed by atoms with Crippen molar-refractivity contribution in [3.05, 3.63) is 76.7 Å². The standard InChI is InChI=1S/C20H17ClN4O3/c1-12-22-17(19(26)24-14-9-7-13(21)8-10-14)11-18(23-12)25-16-6-4-3-5-15(16)20(27)28-2/h3-11H,1-2H3,(H,24,26)(H,22,23,25). The Kier molecular flexibility index (Phi) is 5.86. The fraction of sp³-hybridized carbons (Fsp3) is 0.100. The second-order valence-corrected chi connectivity index (χ2v) is 6.25. The number of nitrogens with zero attached hydrogens (tertiary/aromatic N) is 2. The van der Waals surface area contributed by atoms with Gasteiger partial charge < -0.3 is 15.4 Å². The Bertz CT molecular complexity index is 1020. The van der Waals surface area contributed by atoms with Crippen molar-refractivity contribution < 1.29 is 14.3 Å². The fourth-order valence-electron chi connectivity index (χ4n) is 2.49. The summed E-state index contributed by atoms with van der Waals surface area (Å²) in [4.78, 5) is 32.9. The van der Waals surface area contributed by atoms with Gasteiger partial charge in [-0.15, -0.1) is 0 Å². The smallest absolute Gasteiger partial charge is 0.339 e. The van der Waals surface area contributed by atoms with Gasteiger partial charge in [-0.3, -0.25) is 4.79 Å². The maximum absolute atomic E-state index is 12.5. The van der Waals surface area contributed by atoms with Crippen LogP contribution in [0.25, 0.3) is 0 Å². The van der Waals surface area contributed by atoms with Crippen LogP contribution in [0.5, 0.6) is 0 Å². The zero-order chi connectivity index (χ0) is 20.1. The Balaban J connectivity index is 1.85. The number of hydrogen-bond acceptors (Lipinski definition) is 6. The number of halogens is 1. The van der Waals surface area contributed by atoms with Crippen LogP contribution in [0.4, 0.5) is 17.2 Å². The predicted octanol–water partition coefficient (Wildman–Crippen LogP) is 4.22. The molecule has 0 aliphatic rings. The van der Waals surface area contributed by atoms with Crippen molar-refractivity contribution in [1.29, 1.82) is 0 Å². The number of carbonyl (C=O) groups excluding carboxylic acids is 2. The summed E-state index contributed by atoms with van der Waals surface area (Å²) in [7, 11) is 1.31. The topological polar surface area (TPSA) is 93.2 Å². The molecule has 0 spiro atoms. The van der Waals surface area contributed by atoms with E-state index < -0.39 is 11.9 Å². The van der Waals surface area contributed by atoms with E-state index in [1.807, 2.05) is 0 Å². The van der Waals surface area contributed by atoms with Crippen LogP contribution in [0.3, 0.4) is 0 Å². The lowest BCUT2D eigenvalue weighted by Gasteiger charge is -2.12. The number of esters is 1. The molecule has 1 amide bonds. The number of carbonyl (C=O) groups is 2. The number of benzene rings is 2. The van der Waals surface area contributed by atoms with Crippen molar-refractivity contribution >= 4 is 40.7 Å². The minimum absolute atomic E-state index is 0.181. The molecule has 0 saturated heterocycles. The number of aromatic nitrogens is 2. The van der Waals surface area contributed by atoms with Gasteiger partial charge in [0.1, 0.15) is 17.3 Å². The lowest BCUT2D eigenvalue weighted by Crippen LogP contribution is -2.15. The molecule has 1 heterocycles. The molecule has 0 unspecified atom stereocenters. The third-order valence-corrected chi connectivity index (χ3v) is 4.02. The average Bonchev–Trinajstić information content (AvgIpc) is 2.69. The summed E-state index contributed by atoms with van der Waals surface area (Å²) in [6.07, 6.45) is 0. The molecule has 0 aliphatic heterocycles. The molecule has 3 aromatic rings. The summed E-state index contributed by atoms with van der Waals surface area (Å²) in [5, 5.41) is 6.37. The maximum Gasteiger partial charge on any atom is 0.339 e. The van der Waals surface area contributed by atoms with Crippen LogP contribution < -0.4 is 10.6 Å². The summed E-state index contributed by atoms with van der Waals surface area (Å²) in [6.45, 7) is 1.68. The van der Waals surface area contributed by atoms with Gasteiger partial charge >= 0.3 is 5.97 Å². The first kappa shape index (κ1) is 19.3. The van der Waals surface area contributed by atoms with Crippen LogP contribution in [0.15, 0.2) is 54.6 Å². The Morgan fingerprint density at radius 2 is 1.75 bits per heavy atom. The van der Waals surface area contributed by atoms with Crippen LogP contribution >= 0.6 is 11.6 Å². The van der Waals surface area contributed by atoms with Gasteiger partial charge in [0.15, 0.2) is 0 Å². The summed E-state index contributed by atoms with van der Waals surface area (Å²) in [5.74, 6) is -0.0846. The lowest BCUT2D eigenvalue weighted by atomic mass is 10.2. The normalized spacial score (nSPS) is 10.2. The molecule has 0 radical (unpaired) electrons. The SMILES string of the molecule is COC(=O)c1ccccc1Nc1cc(C(=O)Nc2ccc(Cl)cc2)nc(C)n1. The molecule has 0 saturated carbocycles. The molecule has 0 atom stereocenters. The van der Waals surface area contributed by atoms with Gasteiger partial charge in [0.2, 0.25) is 0 Å². The van der Waals surface area contributed by atoms with E-state index in [1.54, 1.807) is 55.5 Å². The molecule has 1 aromatic heterocycles. The van der Waals surface area contributed by atoms with Gasteiger partial charge in [0.25, 0.3) is 5.91 Å². The van der Waals surface area contributed by atoms with Crippen LogP contribution in [0.2, 0.25) is 5.02 Å². The molecule has 8 heteroatoms. The number of nitrogens with one attached hydrogen (secondary N) is 2. The zero-order valence-electron chi connectivity index (χ0n) is 15.2. The first-order valence-corrected chi connectivity index (χ1v) is 8.71. The number of methoxy groups -OCH3 is 1. The number of rotatable bonds is 5. The molecule has 2 aromatic carbocycles. The first-order chi connectivity index (χ1) is 13.5. The number of ether oxygens (including phenoxy) is 1. The van der Waals surface area contributed by atoms with Gasteiger partial charge in [0.05, 0.1) is 18.4 Å². The van der Waals surface area contributed by atoms with E-state index in [0.29, 0.717) is 33.6 Å². The lowest BCUT2D eigenvalue weighted by molar-refractivity contribution is 0.0601. The molecule has 142 valence electrons. The Hall–Kier alpha value is -3.45. The van der Waals surface area contributed by atoms with Gasteiger partial charge in [-0.05, 0) is 43.3 Å². The van der Waals surface area contributed by atoms with E-state index in [2.05, 4.69) is 20.6 Å². The van der Waals surface area contributed by atoms with Crippen molar-refractivity contribution in [2.24, 2.45) is 0 Å². The Morgan fingerprint density at radius 1 is 1.04 bits per heavy atom. The third kappa shape index (κ3) is 4.63. The van der Waals surface area contributed by atoms with E-state index in [9.17, 15) is 9.59 Å². The van der Waals surface area contributed by atoms with E-state index in [1.165, 1.54) is 13.2 Å². The van der Waals surface area contributed by atoms with Gasteiger partial charge in [-0.1, -0.05) is 23.7 Å². The second kappa shape index (κ2) is 8.49. The summed E-state index contributed by atoms with van der Waals surface area (Å²) in [5.41, 5.74) is 1.64. The van der Waals surface area contributed by atoms with E-state index in [4.69, 9.17) is 16.3 Å². The minimum atomic E-state index is -0.477. The molecular weight excluding hydrogens is 380 g/mol. The number of anilines is 3. The first-order valence-electron chi connectivity index (χ1n) is 8.33. The number of hydrogen-bond donors (Lipinski definition) is 2. The highest BCUT2D eigenvalue weighted by Crippen LogP contribution is 2.21. The molecule has 2 N–H and O–H groups in total. The Morgan fingerprint density at radius 3 is 2.46 bits per heavy atom. The highest BCUT2D eigenvalue weighted by molar-refractivity contribution is 6.30. The second-order valence-electron chi connectivity index (χ2n) is 5.81. The highest BCUT2D eigenvalue weighted by Gasteiger charge is 2.14. The third-order valence-electron chi connectivity index (χ3n) is 3.77. The van der Waals surface area contributed by atoms with Crippen LogP contribution in [-0.2, 0) is 4.74 Å². The molecular formula is C20H17ClN4O3. The summed E-state index contributed by atoms with van der Waals surface area (Å²) in [6, 6.07) is 15.1. The fourth-order valence-corrected chi connectivity index (χ4v) is 2.62. The number of aryl methyl sites for hydroxylation is 1. The van der Waals surface area contributed by atoms with E-state index in [0.717, 1.165) is 0 Å². The van der Waals surface area contributed by atoms with Crippen molar-refractivity contribution in [2.45, 2.75) is 6.92 Å².